The van der Waals surface area contributed by atoms with Crippen LogP contribution in [0.3, 0.4) is 0 Å². The van der Waals surface area contributed by atoms with E-state index in [1.54, 1.807) is 16.9 Å². The van der Waals surface area contributed by atoms with Gasteiger partial charge in [-0.3, -0.25) is 4.79 Å². The van der Waals surface area contributed by atoms with Gasteiger partial charge >= 0.3 is 0 Å². The summed E-state index contributed by atoms with van der Waals surface area (Å²) in [7, 11) is 0. The minimum absolute atomic E-state index is 0.102. The highest BCUT2D eigenvalue weighted by Gasteiger charge is 2.15. The second kappa shape index (κ2) is 9.36. The number of benzene rings is 2. The first-order valence-electron chi connectivity index (χ1n) is 11.1. The maximum atomic E-state index is 12.7. The van der Waals surface area contributed by atoms with Crippen molar-refractivity contribution in [3.8, 4) is 11.4 Å². The molecule has 0 saturated carbocycles. The van der Waals surface area contributed by atoms with Crippen molar-refractivity contribution >= 4 is 5.91 Å². The Morgan fingerprint density at radius 3 is 2.27 bits per heavy atom. The molecule has 0 unspecified atom stereocenters. The smallest absolute Gasteiger partial charge is 0.272 e. The third kappa shape index (κ3) is 5.52. The van der Waals surface area contributed by atoms with Crippen molar-refractivity contribution in [3.63, 3.8) is 0 Å². The van der Waals surface area contributed by atoms with Crippen LogP contribution in [0.4, 0.5) is 0 Å². The van der Waals surface area contributed by atoms with Crippen molar-refractivity contribution in [2.24, 2.45) is 0 Å². The number of amides is 1. The van der Waals surface area contributed by atoms with Crippen LogP contribution >= 0.6 is 0 Å². The van der Waals surface area contributed by atoms with Crippen molar-refractivity contribution in [1.29, 1.82) is 0 Å². The van der Waals surface area contributed by atoms with Gasteiger partial charge in [0.05, 0.1) is 6.04 Å². The average molecular weight is 443 g/mol. The molecule has 0 fully saturated rings. The first kappa shape index (κ1) is 22.4. The summed E-state index contributed by atoms with van der Waals surface area (Å²) in [6, 6.07) is 21.7. The fraction of sp³-hybridized carbons (Fsp3) is 0.259. The van der Waals surface area contributed by atoms with Crippen LogP contribution in [-0.4, -0.2) is 20.3 Å². The van der Waals surface area contributed by atoms with E-state index in [1.807, 2.05) is 72.4 Å². The van der Waals surface area contributed by atoms with Gasteiger partial charge in [0.1, 0.15) is 11.4 Å². The summed E-state index contributed by atoms with van der Waals surface area (Å²) in [6.07, 6.45) is 5.75. The first-order chi connectivity index (χ1) is 15.8. The summed E-state index contributed by atoms with van der Waals surface area (Å²) in [5.41, 5.74) is 3.82. The van der Waals surface area contributed by atoms with Crippen LogP contribution in [0.1, 0.15) is 55.4 Å². The number of nitrogens with one attached hydrogen (secondary N) is 1. The normalized spacial score (nSPS) is 12.4. The fourth-order valence-corrected chi connectivity index (χ4v) is 3.54. The van der Waals surface area contributed by atoms with E-state index in [4.69, 9.17) is 4.74 Å². The molecule has 0 radical (unpaired) electrons. The standard InChI is InChI=1S/C27H30N4O2/c1-20(21-7-11-23(12-8-21)30-16-5-6-17-30)28-26(32)25-15-18-31(29-25)19-33-24-13-9-22(10-14-24)27(2,3)4/h5-18,20H,19H2,1-4H3,(H,28,32)/t20-/m1/s1. The third-order valence-electron chi connectivity index (χ3n) is 5.60. The van der Waals surface area contributed by atoms with Crippen LogP contribution in [0.2, 0.25) is 0 Å². The Morgan fingerprint density at radius 1 is 0.970 bits per heavy atom. The maximum Gasteiger partial charge on any atom is 0.272 e. The molecule has 0 aliphatic rings. The van der Waals surface area contributed by atoms with E-state index in [1.165, 1.54) is 5.56 Å². The molecule has 1 amide bonds. The summed E-state index contributed by atoms with van der Waals surface area (Å²) in [4.78, 5) is 12.7. The van der Waals surface area contributed by atoms with Gasteiger partial charge in [-0.25, -0.2) is 4.68 Å². The van der Waals surface area contributed by atoms with E-state index >= 15 is 0 Å². The van der Waals surface area contributed by atoms with Gasteiger partial charge in [-0.15, -0.1) is 0 Å². The van der Waals surface area contributed by atoms with Gasteiger partial charge in [0.25, 0.3) is 5.91 Å². The van der Waals surface area contributed by atoms with E-state index < -0.39 is 0 Å². The molecule has 6 heteroatoms. The van der Waals surface area contributed by atoms with E-state index in [9.17, 15) is 4.79 Å². The molecule has 0 aliphatic carbocycles. The second-order valence-corrected chi connectivity index (χ2v) is 9.17. The molecule has 0 aliphatic heterocycles. The number of aromatic nitrogens is 3. The summed E-state index contributed by atoms with van der Waals surface area (Å²) in [5.74, 6) is 0.548. The molecule has 4 rings (SSSR count). The van der Waals surface area contributed by atoms with Gasteiger partial charge in [-0.05, 0) is 65.9 Å². The molecular weight excluding hydrogens is 412 g/mol. The molecule has 2 aromatic heterocycles. The first-order valence-corrected chi connectivity index (χ1v) is 11.1. The highest BCUT2D eigenvalue weighted by molar-refractivity contribution is 5.92. The van der Waals surface area contributed by atoms with Gasteiger partial charge in [0, 0.05) is 24.3 Å². The molecule has 1 N–H and O–H groups in total. The number of hydrogen-bond donors (Lipinski definition) is 1. The molecule has 0 saturated heterocycles. The number of rotatable bonds is 7. The van der Waals surface area contributed by atoms with Crippen LogP contribution in [0, 0.1) is 0 Å². The lowest BCUT2D eigenvalue weighted by Crippen LogP contribution is -2.27. The van der Waals surface area contributed by atoms with Crippen molar-refractivity contribution in [2.75, 3.05) is 0 Å². The van der Waals surface area contributed by atoms with Gasteiger partial charge < -0.3 is 14.6 Å². The lowest BCUT2D eigenvalue weighted by atomic mass is 9.87. The largest absolute Gasteiger partial charge is 0.471 e. The number of hydrogen-bond acceptors (Lipinski definition) is 3. The minimum atomic E-state index is -0.217. The molecule has 1 atom stereocenters. The van der Waals surface area contributed by atoms with E-state index in [0.29, 0.717) is 5.69 Å². The zero-order valence-electron chi connectivity index (χ0n) is 19.5. The van der Waals surface area contributed by atoms with Gasteiger partial charge in [0.15, 0.2) is 6.73 Å². The zero-order chi connectivity index (χ0) is 23.4. The topological polar surface area (TPSA) is 61.1 Å². The number of carbonyl (C=O) groups is 1. The number of nitrogens with zero attached hydrogens (tertiary/aromatic N) is 3. The minimum Gasteiger partial charge on any atom is -0.471 e. The molecule has 2 aromatic carbocycles. The quantitative estimate of drug-likeness (QED) is 0.411. The number of ether oxygens (including phenoxy) is 1. The SMILES string of the molecule is C[C@@H](NC(=O)c1ccn(COc2ccc(C(C)(C)C)cc2)n1)c1ccc(-n2cccc2)cc1. The third-order valence-corrected chi connectivity index (χ3v) is 5.60. The lowest BCUT2D eigenvalue weighted by molar-refractivity contribution is 0.0932. The summed E-state index contributed by atoms with van der Waals surface area (Å²) in [6.45, 7) is 8.74. The molecule has 6 nitrogen and oxygen atoms in total. The molecule has 4 aromatic rings. The highest BCUT2D eigenvalue weighted by Crippen LogP contribution is 2.24. The van der Waals surface area contributed by atoms with Crippen molar-refractivity contribution in [2.45, 2.75) is 45.9 Å². The van der Waals surface area contributed by atoms with E-state index in [2.05, 4.69) is 43.3 Å². The molecule has 170 valence electrons. The summed E-state index contributed by atoms with van der Waals surface area (Å²) in [5, 5.41) is 7.36. The van der Waals surface area contributed by atoms with Gasteiger partial charge in [-0.1, -0.05) is 45.0 Å². The number of carbonyl (C=O) groups excluding carboxylic acids is 1. The predicted octanol–water partition coefficient (Wildman–Crippen LogP) is 5.50. The van der Waals surface area contributed by atoms with E-state index in [-0.39, 0.29) is 24.1 Å². The Balaban J connectivity index is 1.32. The zero-order valence-corrected chi connectivity index (χ0v) is 19.5. The molecule has 2 heterocycles. The molecule has 0 spiro atoms. The van der Waals surface area contributed by atoms with Gasteiger partial charge in [-0.2, -0.15) is 5.10 Å². The fourth-order valence-electron chi connectivity index (χ4n) is 3.54. The van der Waals surface area contributed by atoms with E-state index in [0.717, 1.165) is 17.0 Å². The van der Waals surface area contributed by atoms with Crippen LogP contribution in [0.15, 0.2) is 85.3 Å². The summed E-state index contributed by atoms with van der Waals surface area (Å²) >= 11 is 0. The lowest BCUT2D eigenvalue weighted by Gasteiger charge is -2.19. The Labute approximate surface area is 194 Å². The Morgan fingerprint density at radius 2 is 1.64 bits per heavy atom. The van der Waals surface area contributed by atoms with Crippen LogP contribution in [0.25, 0.3) is 5.69 Å². The average Bonchev–Trinajstić information content (AvgIpc) is 3.50. The molecule has 0 bridgehead atoms. The molecular formula is C27H30N4O2. The summed E-state index contributed by atoms with van der Waals surface area (Å²) < 4.78 is 9.47. The van der Waals surface area contributed by atoms with Crippen LogP contribution in [0.5, 0.6) is 5.75 Å². The van der Waals surface area contributed by atoms with Crippen molar-refractivity contribution < 1.29 is 9.53 Å². The molecule has 33 heavy (non-hydrogen) atoms. The van der Waals surface area contributed by atoms with Crippen molar-refractivity contribution in [3.05, 3.63) is 102 Å². The Hall–Kier alpha value is -3.80. The van der Waals surface area contributed by atoms with Crippen LogP contribution in [-0.2, 0) is 12.1 Å². The van der Waals surface area contributed by atoms with Gasteiger partial charge in [0.2, 0.25) is 0 Å². The monoisotopic (exact) mass is 442 g/mol. The second-order valence-electron chi connectivity index (χ2n) is 9.17. The Kier molecular flexibility index (Phi) is 6.36. The Bertz CT molecular complexity index is 1180. The van der Waals surface area contributed by atoms with Crippen LogP contribution < -0.4 is 10.1 Å². The van der Waals surface area contributed by atoms with Crippen molar-refractivity contribution in [1.82, 2.24) is 19.7 Å². The highest BCUT2D eigenvalue weighted by atomic mass is 16.5. The maximum absolute atomic E-state index is 12.7. The predicted molar refractivity (Wildman–Crippen MR) is 130 cm³/mol.